The molecule has 5 heteroatoms. The SMILES string of the molecule is CN(C[C@@H]1COc2ccccc2O1)c1ncnc2ccccc12. The molecule has 0 N–H and O–H groups in total. The summed E-state index contributed by atoms with van der Waals surface area (Å²) in [5.74, 6) is 2.50. The van der Waals surface area contributed by atoms with E-state index in [9.17, 15) is 0 Å². The monoisotopic (exact) mass is 307 g/mol. The molecule has 1 aliphatic rings. The molecule has 0 spiro atoms. The fourth-order valence-corrected chi connectivity index (χ4v) is 2.84. The first-order valence-electron chi connectivity index (χ1n) is 7.60. The molecule has 0 amide bonds. The Morgan fingerprint density at radius 2 is 1.83 bits per heavy atom. The summed E-state index contributed by atoms with van der Waals surface area (Å²) in [5, 5.41) is 1.04. The number of anilines is 1. The van der Waals surface area contributed by atoms with Crippen molar-refractivity contribution in [3.63, 3.8) is 0 Å². The zero-order valence-electron chi connectivity index (χ0n) is 12.8. The van der Waals surface area contributed by atoms with Crippen molar-refractivity contribution in [2.45, 2.75) is 6.10 Å². The maximum absolute atomic E-state index is 6.03. The smallest absolute Gasteiger partial charge is 0.161 e. The molecule has 4 rings (SSSR count). The van der Waals surface area contributed by atoms with Crippen LogP contribution in [0.3, 0.4) is 0 Å². The van der Waals surface area contributed by atoms with Crippen LogP contribution in [0.25, 0.3) is 10.9 Å². The van der Waals surface area contributed by atoms with Crippen LogP contribution in [0.4, 0.5) is 5.82 Å². The van der Waals surface area contributed by atoms with Gasteiger partial charge in [0, 0.05) is 12.4 Å². The molecule has 0 saturated carbocycles. The molecule has 2 heterocycles. The Balaban J connectivity index is 1.55. The number of rotatable bonds is 3. The van der Waals surface area contributed by atoms with Crippen molar-refractivity contribution in [1.29, 1.82) is 0 Å². The van der Waals surface area contributed by atoms with Gasteiger partial charge in [-0.3, -0.25) is 0 Å². The summed E-state index contributed by atoms with van der Waals surface area (Å²) in [6, 6.07) is 15.8. The van der Waals surface area contributed by atoms with Crippen LogP contribution in [-0.4, -0.2) is 36.3 Å². The second kappa shape index (κ2) is 5.76. The average molecular weight is 307 g/mol. The lowest BCUT2D eigenvalue weighted by atomic mass is 10.2. The van der Waals surface area contributed by atoms with Gasteiger partial charge in [0.25, 0.3) is 0 Å². The van der Waals surface area contributed by atoms with Crippen molar-refractivity contribution in [2.24, 2.45) is 0 Å². The topological polar surface area (TPSA) is 47.5 Å². The van der Waals surface area contributed by atoms with Gasteiger partial charge in [0.05, 0.1) is 12.1 Å². The third-order valence-electron chi connectivity index (χ3n) is 3.93. The molecule has 0 unspecified atom stereocenters. The molecule has 0 saturated heterocycles. The van der Waals surface area contributed by atoms with Crippen LogP contribution < -0.4 is 14.4 Å². The van der Waals surface area contributed by atoms with Crippen LogP contribution >= 0.6 is 0 Å². The predicted molar refractivity (Wildman–Crippen MR) is 89.2 cm³/mol. The Bertz CT molecular complexity index is 832. The highest BCUT2D eigenvalue weighted by Crippen LogP contribution is 2.31. The number of nitrogens with zero attached hydrogens (tertiary/aromatic N) is 3. The van der Waals surface area contributed by atoms with Gasteiger partial charge in [-0.15, -0.1) is 0 Å². The summed E-state index contributed by atoms with van der Waals surface area (Å²) in [5.41, 5.74) is 0.940. The van der Waals surface area contributed by atoms with Gasteiger partial charge in [-0.05, 0) is 24.3 Å². The molecule has 3 aromatic rings. The Hall–Kier alpha value is -2.82. The highest BCUT2D eigenvalue weighted by atomic mass is 16.6. The number of likely N-dealkylation sites (N-methyl/N-ethyl adjacent to an activating group) is 1. The molecule has 5 nitrogen and oxygen atoms in total. The molecule has 1 atom stereocenters. The molecule has 1 aromatic heterocycles. The highest BCUT2D eigenvalue weighted by molar-refractivity contribution is 5.89. The maximum Gasteiger partial charge on any atom is 0.161 e. The normalized spacial score (nSPS) is 16.3. The van der Waals surface area contributed by atoms with E-state index in [4.69, 9.17) is 9.47 Å². The number of hydrogen-bond donors (Lipinski definition) is 0. The summed E-state index contributed by atoms with van der Waals surface area (Å²) in [6.45, 7) is 1.22. The van der Waals surface area contributed by atoms with Gasteiger partial charge in [0.15, 0.2) is 17.6 Å². The molecule has 0 aliphatic carbocycles. The maximum atomic E-state index is 6.03. The Kier molecular flexibility index (Phi) is 3.46. The number of fused-ring (bicyclic) bond motifs is 2. The van der Waals surface area contributed by atoms with Crippen molar-refractivity contribution in [3.05, 3.63) is 54.9 Å². The second-order valence-electron chi connectivity index (χ2n) is 5.59. The van der Waals surface area contributed by atoms with E-state index in [1.54, 1.807) is 6.33 Å². The number of ether oxygens (including phenoxy) is 2. The molecule has 116 valence electrons. The summed E-state index contributed by atoms with van der Waals surface area (Å²) in [6.07, 6.45) is 1.56. The summed E-state index contributed by atoms with van der Waals surface area (Å²) in [7, 11) is 2.01. The van der Waals surface area contributed by atoms with Gasteiger partial charge >= 0.3 is 0 Å². The molecular formula is C18H17N3O2. The first-order chi connectivity index (χ1) is 11.3. The molecular weight excluding hydrogens is 290 g/mol. The van der Waals surface area contributed by atoms with E-state index in [-0.39, 0.29) is 6.10 Å². The first-order valence-corrected chi connectivity index (χ1v) is 7.60. The fraction of sp³-hybridized carbons (Fsp3) is 0.222. The van der Waals surface area contributed by atoms with E-state index in [0.29, 0.717) is 13.2 Å². The van der Waals surface area contributed by atoms with Gasteiger partial charge < -0.3 is 14.4 Å². The highest BCUT2D eigenvalue weighted by Gasteiger charge is 2.23. The third kappa shape index (κ3) is 2.65. The van der Waals surface area contributed by atoms with Crippen molar-refractivity contribution < 1.29 is 9.47 Å². The van der Waals surface area contributed by atoms with Gasteiger partial charge in [-0.25, -0.2) is 9.97 Å². The first kappa shape index (κ1) is 13.8. The summed E-state index contributed by atoms with van der Waals surface area (Å²) < 4.78 is 11.8. The minimum Gasteiger partial charge on any atom is -0.486 e. The lowest BCUT2D eigenvalue weighted by molar-refractivity contribution is 0.0960. The average Bonchev–Trinajstić information content (AvgIpc) is 2.61. The van der Waals surface area contributed by atoms with Crippen LogP contribution in [0, 0.1) is 0 Å². The van der Waals surface area contributed by atoms with E-state index in [0.717, 1.165) is 28.2 Å². The van der Waals surface area contributed by atoms with Crippen molar-refractivity contribution in [2.75, 3.05) is 25.1 Å². The standard InChI is InChI=1S/C18H17N3O2/c1-21(18-14-6-2-3-7-15(14)19-12-20-18)10-13-11-22-16-8-4-5-9-17(16)23-13/h2-9,12-13H,10-11H2,1H3/t13-/m1/s1. The summed E-state index contributed by atoms with van der Waals surface area (Å²) >= 11 is 0. The van der Waals surface area contributed by atoms with Crippen molar-refractivity contribution in [3.8, 4) is 11.5 Å². The van der Waals surface area contributed by atoms with Crippen LogP contribution in [0.1, 0.15) is 0 Å². The molecule has 23 heavy (non-hydrogen) atoms. The lowest BCUT2D eigenvalue weighted by Crippen LogP contribution is -2.39. The lowest BCUT2D eigenvalue weighted by Gasteiger charge is -2.30. The van der Waals surface area contributed by atoms with Crippen molar-refractivity contribution in [1.82, 2.24) is 9.97 Å². The Morgan fingerprint density at radius 3 is 2.74 bits per heavy atom. The van der Waals surface area contributed by atoms with Crippen LogP contribution in [-0.2, 0) is 0 Å². The fourth-order valence-electron chi connectivity index (χ4n) is 2.84. The van der Waals surface area contributed by atoms with E-state index < -0.39 is 0 Å². The van der Waals surface area contributed by atoms with Gasteiger partial charge in [0.2, 0.25) is 0 Å². The predicted octanol–water partition coefficient (Wildman–Crippen LogP) is 2.91. The second-order valence-corrected chi connectivity index (χ2v) is 5.59. The quantitative estimate of drug-likeness (QED) is 0.744. The van der Waals surface area contributed by atoms with Gasteiger partial charge in [-0.2, -0.15) is 0 Å². The van der Waals surface area contributed by atoms with Crippen LogP contribution in [0.2, 0.25) is 0 Å². The Morgan fingerprint density at radius 1 is 1.04 bits per heavy atom. The van der Waals surface area contributed by atoms with Gasteiger partial charge in [0.1, 0.15) is 18.8 Å². The number of benzene rings is 2. The minimum atomic E-state index is -0.0383. The van der Waals surface area contributed by atoms with E-state index in [2.05, 4.69) is 14.9 Å². The van der Waals surface area contributed by atoms with Crippen LogP contribution in [0.15, 0.2) is 54.9 Å². The molecule has 2 aromatic carbocycles. The molecule has 0 bridgehead atoms. The minimum absolute atomic E-state index is 0.0383. The zero-order valence-corrected chi connectivity index (χ0v) is 12.8. The largest absolute Gasteiger partial charge is 0.486 e. The van der Waals surface area contributed by atoms with E-state index in [1.165, 1.54) is 0 Å². The van der Waals surface area contributed by atoms with Gasteiger partial charge in [-0.1, -0.05) is 24.3 Å². The molecule has 0 radical (unpaired) electrons. The summed E-state index contributed by atoms with van der Waals surface area (Å²) in [4.78, 5) is 10.8. The van der Waals surface area contributed by atoms with Crippen LogP contribution in [0.5, 0.6) is 11.5 Å². The van der Waals surface area contributed by atoms with Crippen molar-refractivity contribution >= 4 is 16.7 Å². The van der Waals surface area contributed by atoms with E-state index >= 15 is 0 Å². The molecule has 0 fully saturated rings. The Labute approximate surface area is 134 Å². The number of para-hydroxylation sites is 3. The number of aromatic nitrogens is 2. The zero-order chi connectivity index (χ0) is 15.6. The third-order valence-corrected chi connectivity index (χ3v) is 3.93. The van der Waals surface area contributed by atoms with E-state index in [1.807, 2.05) is 55.6 Å². The number of hydrogen-bond acceptors (Lipinski definition) is 5. The molecule has 1 aliphatic heterocycles.